The van der Waals surface area contributed by atoms with Crippen LogP contribution in [0.5, 0.6) is 0 Å². The number of nitrogens with zero attached hydrogens (tertiary/aromatic N) is 2. The highest BCUT2D eigenvalue weighted by atomic mass is 16.5. The van der Waals surface area contributed by atoms with E-state index in [0.717, 1.165) is 12.8 Å². The molecule has 2 unspecified atom stereocenters. The molecule has 1 amide bonds. The molecule has 15 heavy (non-hydrogen) atoms. The van der Waals surface area contributed by atoms with Crippen molar-refractivity contribution in [3.05, 3.63) is 18.0 Å². The van der Waals surface area contributed by atoms with E-state index in [4.69, 9.17) is 5.73 Å². The second kappa shape index (κ2) is 4.02. The van der Waals surface area contributed by atoms with Crippen LogP contribution in [0.25, 0.3) is 0 Å². The van der Waals surface area contributed by atoms with Crippen molar-refractivity contribution in [3.8, 4) is 0 Å². The molecule has 1 fully saturated rings. The summed E-state index contributed by atoms with van der Waals surface area (Å²) in [6.45, 7) is 2.71. The van der Waals surface area contributed by atoms with Gasteiger partial charge in [0, 0.05) is 24.7 Å². The van der Waals surface area contributed by atoms with Gasteiger partial charge < -0.3 is 15.2 Å². The zero-order valence-corrected chi connectivity index (χ0v) is 8.72. The maximum Gasteiger partial charge on any atom is 0.276 e. The summed E-state index contributed by atoms with van der Waals surface area (Å²) in [5.41, 5.74) is 6.21. The van der Waals surface area contributed by atoms with Crippen LogP contribution in [0.2, 0.25) is 0 Å². The van der Waals surface area contributed by atoms with Gasteiger partial charge >= 0.3 is 0 Å². The van der Waals surface area contributed by atoms with E-state index < -0.39 is 0 Å². The highest BCUT2D eigenvalue weighted by Crippen LogP contribution is 2.17. The summed E-state index contributed by atoms with van der Waals surface area (Å²) in [4.78, 5) is 13.7. The summed E-state index contributed by atoms with van der Waals surface area (Å²) >= 11 is 0. The molecule has 2 atom stereocenters. The molecule has 0 radical (unpaired) electrons. The van der Waals surface area contributed by atoms with Crippen LogP contribution >= 0.6 is 0 Å². The highest BCUT2D eigenvalue weighted by molar-refractivity contribution is 5.92. The Kier molecular flexibility index (Phi) is 2.73. The van der Waals surface area contributed by atoms with Crippen molar-refractivity contribution in [2.75, 3.05) is 6.54 Å². The first-order valence-corrected chi connectivity index (χ1v) is 5.15. The molecule has 1 aromatic heterocycles. The molecule has 1 aliphatic rings. The van der Waals surface area contributed by atoms with Crippen molar-refractivity contribution in [1.82, 2.24) is 10.1 Å². The van der Waals surface area contributed by atoms with Crippen molar-refractivity contribution < 1.29 is 9.32 Å². The van der Waals surface area contributed by atoms with Crippen molar-refractivity contribution in [2.45, 2.75) is 31.8 Å². The lowest BCUT2D eigenvalue weighted by Crippen LogP contribution is -2.48. The lowest BCUT2D eigenvalue weighted by atomic mass is 9.99. The van der Waals surface area contributed by atoms with E-state index in [2.05, 4.69) is 9.68 Å². The number of nitrogens with two attached hydrogens (primary N) is 1. The maximum atomic E-state index is 11.9. The third kappa shape index (κ3) is 2.02. The van der Waals surface area contributed by atoms with Crippen LogP contribution in [0.4, 0.5) is 0 Å². The van der Waals surface area contributed by atoms with Crippen LogP contribution in [0.3, 0.4) is 0 Å². The van der Waals surface area contributed by atoms with Crippen molar-refractivity contribution in [1.29, 1.82) is 0 Å². The molecule has 5 nitrogen and oxygen atoms in total. The Bertz CT molecular complexity index is 336. The van der Waals surface area contributed by atoms with Gasteiger partial charge in [-0.05, 0) is 19.8 Å². The molecule has 0 aromatic carbocycles. The molecule has 1 saturated heterocycles. The molecule has 2 rings (SSSR count). The standard InChI is InChI=1S/C10H15N3O2/c1-7-6-8(11)2-4-13(7)10(14)9-3-5-15-12-9/h3,5,7-8H,2,4,6,11H2,1H3. The second-order valence-electron chi connectivity index (χ2n) is 4.02. The Balaban J connectivity index is 2.08. The van der Waals surface area contributed by atoms with Crippen LogP contribution in [-0.2, 0) is 0 Å². The largest absolute Gasteiger partial charge is 0.364 e. The van der Waals surface area contributed by atoms with E-state index >= 15 is 0 Å². The number of aromatic nitrogens is 1. The smallest absolute Gasteiger partial charge is 0.276 e. The minimum atomic E-state index is -0.0665. The Labute approximate surface area is 88.2 Å². The van der Waals surface area contributed by atoms with E-state index in [0.29, 0.717) is 12.2 Å². The predicted molar refractivity (Wildman–Crippen MR) is 54.2 cm³/mol. The molecule has 1 aliphatic heterocycles. The number of carbonyl (C=O) groups excluding carboxylic acids is 1. The van der Waals surface area contributed by atoms with Crippen molar-refractivity contribution >= 4 is 5.91 Å². The Morgan fingerprint density at radius 1 is 1.73 bits per heavy atom. The van der Waals surface area contributed by atoms with Crippen LogP contribution in [0, 0.1) is 0 Å². The van der Waals surface area contributed by atoms with Crippen molar-refractivity contribution in [2.24, 2.45) is 5.73 Å². The lowest BCUT2D eigenvalue weighted by Gasteiger charge is -2.35. The summed E-state index contributed by atoms with van der Waals surface area (Å²) < 4.78 is 4.66. The first kappa shape index (κ1) is 10.2. The van der Waals surface area contributed by atoms with Crippen LogP contribution in [-0.4, -0.2) is 34.6 Å². The molecule has 5 heteroatoms. The molecule has 0 bridgehead atoms. The normalized spacial score (nSPS) is 26.7. The minimum absolute atomic E-state index is 0.0665. The van der Waals surface area contributed by atoms with Crippen LogP contribution < -0.4 is 5.73 Å². The van der Waals surface area contributed by atoms with E-state index in [9.17, 15) is 4.79 Å². The van der Waals surface area contributed by atoms with Crippen molar-refractivity contribution in [3.63, 3.8) is 0 Å². The molecular weight excluding hydrogens is 194 g/mol. The van der Waals surface area contributed by atoms with E-state index in [-0.39, 0.29) is 18.0 Å². The number of hydrogen-bond acceptors (Lipinski definition) is 4. The first-order valence-electron chi connectivity index (χ1n) is 5.15. The third-order valence-electron chi connectivity index (χ3n) is 2.83. The third-order valence-corrected chi connectivity index (χ3v) is 2.83. The van der Waals surface area contributed by atoms with Crippen LogP contribution in [0.1, 0.15) is 30.3 Å². The molecule has 2 N–H and O–H groups in total. The van der Waals surface area contributed by atoms with Gasteiger partial charge in [-0.25, -0.2) is 0 Å². The predicted octanol–water partition coefficient (Wildman–Crippen LogP) is 0.626. The highest BCUT2D eigenvalue weighted by Gasteiger charge is 2.28. The number of hydrogen-bond donors (Lipinski definition) is 1. The SMILES string of the molecule is CC1CC(N)CCN1C(=O)c1ccon1. The number of piperidine rings is 1. The second-order valence-corrected chi connectivity index (χ2v) is 4.02. The maximum absolute atomic E-state index is 11.9. The Morgan fingerprint density at radius 3 is 3.13 bits per heavy atom. The fraction of sp³-hybridized carbons (Fsp3) is 0.600. The molecule has 1 aromatic rings. The number of carbonyl (C=O) groups is 1. The van der Waals surface area contributed by atoms with Crippen LogP contribution in [0.15, 0.2) is 16.9 Å². The topological polar surface area (TPSA) is 72.4 Å². The summed E-state index contributed by atoms with van der Waals surface area (Å²) in [7, 11) is 0. The molecule has 82 valence electrons. The molecule has 0 aliphatic carbocycles. The lowest BCUT2D eigenvalue weighted by molar-refractivity contribution is 0.0608. The monoisotopic (exact) mass is 209 g/mol. The van der Waals surface area contributed by atoms with Gasteiger partial charge in [-0.3, -0.25) is 4.79 Å². The van der Waals surface area contributed by atoms with Gasteiger partial charge in [-0.15, -0.1) is 0 Å². The zero-order chi connectivity index (χ0) is 10.8. The van der Waals surface area contributed by atoms with E-state index in [1.165, 1.54) is 6.26 Å². The van der Waals surface area contributed by atoms with Gasteiger partial charge in [0.1, 0.15) is 6.26 Å². The molecule has 2 heterocycles. The summed E-state index contributed by atoms with van der Waals surface area (Å²) in [6.07, 6.45) is 3.12. The fourth-order valence-electron chi connectivity index (χ4n) is 1.98. The molecular formula is C10H15N3O2. The summed E-state index contributed by atoms with van der Waals surface area (Å²) in [5, 5.41) is 3.65. The Morgan fingerprint density at radius 2 is 2.53 bits per heavy atom. The average Bonchev–Trinajstić information content (AvgIpc) is 2.69. The van der Waals surface area contributed by atoms with Gasteiger partial charge in [-0.2, -0.15) is 0 Å². The quantitative estimate of drug-likeness (QED) is 0.736. The summed E-state index contributed by atoms with van der Waals surface area (Å²) in [6, 6.07) is 1.98. The molecule has 0 spiro atoms. The Hall–Kier alpha value is -1.36. The minimum Gasteiger partial charge on any atom is -0.364 e. The van der Waals surface area contributed by atoms with E-state index in [1.807, 2.05) is 6.92 Å². The van der Waals surface area contributed by atoms with Gasteiger partial charge in [0.2, 0.25) is 0 Å². The number of amides is 1. The zero-order valence-electron chi connectivity index (χ0n) is 8.72. The average molecular weight is 209 g/mol. The fourth-order valence-corrected chi connectivity index (χ4v) is 1.98. The van der Waals surface area contributed by atoms with Gasteiger partial charge in [-0.1, -0.05) is 5.16 Å². The van der Waals surface area contributed by atoms with Gasteiger partial charge in [0.25, 0.3) is 5.91 Å². The van der Waals surface area contributed by atoms with E-state index in [1.54, 1.807) is 11.0 Å². The molecule has 0 saturated carbocycles. The van der Waals surface area contributed by atoms with Gasteiger partial charge in [0.15, 0.2) is 5.69 Å². The number of likely N-dealkylation sites (tertiary alicyclic amines) is 1. The van der Waals surface area contributed by atoms with Gasteiger partial charge in [0.05, 0.1) is 0 Å². The number of rotatable bonds is 1. The summed E-state index contributed by atoms with van der Waals surface area (Å²) in [5.74, 6) is -0.0665. The first-order chi connectivity index (χ1) is 7.18.